The summed E-state index contributed by atoms with van der Waals surface area (Å²) in [6.45, 7) is 6.93. The first-order valence-corrected chi connectivity index (χ1v) is 12.8. The lowest BCUT2D eigenvalue weighted by atomic mass is 9.85. The average molecular weight is 515 g/mol. The molecule has 3 atom stereocenters. The number of H-pyrrole nitrogens is 1. The van der Waals surface area contributed by atoms with Crippen molar-refractivity contribution in [3.63, 3.8) is 0 Å². The summed E-state index contributed by atoms with van der Waals surface area (Å²) >= 11 is 0. The molecule has 2 N–H and O–H groups in total. The SMILES string of the molecule is Cc1c(OCCN(C)CCCF)ncc(F)c1[C@@H]1c2[nH]c3ccccc3c2C[C@@H](C)N1[C@@H](C)CC(=O)O. The van der Waals surface area contributed by atoms with Gasteiger partial charge in [-0.05, 0) is 52.3 Å². The zero-order valence-electron chi connectivity index (χ0n) is 21.9. The Hall–Kier alpha value is -3.04. The summed E-state index contributed by atoms with van der Waals surface area (Å²) in [7, 11) is 1.90. The third kappa shape index (κ3) is 5.62. The van der Waals surface area contributed by atoms with Gasteiger partial charge in [0, 0.05) is 52.9 Å². The molecule has 0 radical (unpaired) electrons. The van der Waals surface area contributed by atoms with Gasteiger partial charge in [-0.3, -0.25) is 14.1 Å². The van der Waals surface area contributed by atoms with Crippen molar-refractivity contribution in [1.82, 2.24) is 19.8 Å². The van der Waals surface area contributed by atoms with Crippen molar-refractivity contribution in [2.75, 3.05) is 33.4 Å². The Bertz CT molecular complexity index is 1250. The summed E-state index contributed by atoms with van der Waals surface area (Å²) < 4.78 is 34.1. The number of likely N-dealkylation sites (N-methyl/N-ethyl adjacent to an activating group) is 1. The molecule has 0 bridgehead atoms. The molecule has 9 heteroatoms. The smallest absolute Gasteiger partial charge is 0.304 e. The minimum absolute atomic E-state index is 0.0217. The Kier molecular flexibility index (Phi) is 8.44. The number of carboxylic acid groups (broad SMARTS) is 1. The number of hydrogen-bond donors (Lipinski definition) is 2. The van der Waals surface area contributed by atoms with Gasteiger partial charge in [-0.15, -0.1) is 0 Å². The van der Waals surface area contributed by atoms with Gasteiger partial charge in [0.05, 0.1) is 25.3 Å². The number of benzene rings is 1. The molecule has 0 fully saturated rings. The number of pyridine rings is 1. The zero-order chi connectivity index (χ0) is 26.7. The zero-order valence-corrected chi connectivity index (χ0v) is 21.9. The number of ether oxygens (including phenoxy) is 1. The fourth-order valence-corrected chi connectivity index (χ4v) is 5.62. The number of carbonyl (C=O) groups is 1. The van der Waals surface area contributed by atoms with Gasteiger partial charge in [-0.25, -0.2) is 9.37 Å². The Morgan fingerprint density at radius 1 is 1.35 bits per heavy atom. The first-order valence-electron chi connectivity index (χ1n) is 12.8. The number of para-hydroxylation sites is 1. The van der Waals surface area contributed by atoms with E-state index in [9.17, 15) is 14.3 Å². The summed E-state index contributed by atoms with van der Waals surface area (Å²) in [5.41, 5.74) is 3.99. The molecule has 2 aromatic heterocycles. The van der Waals surface area contributed by atoms with Crippen LogP contribution in [0.5, 0.6) is 5.88 Å². The number of alkyl halides is 1. The highest BCUT2D eigenvalue weighted by atomic mass is 19.1. The summed E-state index contributed by atoms with van der Waals surface area (Å²) in [5, 5.41) is 10.7. The van der Waals surface area contributed by atoms with Crippen molar-refractivity contribution >= 4 is 16.9 Å². The molecule has 1 aromatic carbocycles. The number of fused-ring (bicyclic) bond motifs is 3. The van der Waals surface area contributed by atoms with Gasteiger partial charge < -0.3 is 19.7 Å². The molecular weight excluding hydrogens is 478 g/mol. The van der Waals surface area contributed by atoms with Crippen LogP contribution in [0.2, 0.25) is 0 Å². The van der Waals surface area contributed by atoms with Gasteiger partial charge in [0.2, 0.25) is 5.88 Å². The van der Waals surface area contributed by atoms with E-state index in [0.29, 0.717) is 43.1 Å². The van der Waals surface area contributed by atoms with E-state index in [4.69, 9.17) is 4.74 Å². The monoisotopic (exact) mass is 514 g/mol. The summed E-state index contributed by atoms with van der Waals surface area (Å²) in [6.07, 6.45) is 2.31. The number of hydrogen-bond acceptors (Lipinski definition) is 5. The van der Waals surface area contributed by atoms with E-state index in [0.717, 1.165) is 28.6 Å². The van der Waals surface area contributed by atoms with Crippen LogP contribution in [0.3, 0.4) is 0 Å². The number of aliphatic carboxylic acids is 1. The van der Waals surface area contributed by atoms with Crippen LogP contribution in [0, 0.1) is 12.7 Å². The van der Waals surface area contributed by atoms with E-state index in [1.54, 1.807) is 6.92 Å². The lowest BCUT2D eigenvalue weighted by molar-refractivity contribution is -0.138. The molecule has 0 spiro atoms. The third-order valence-electron chi connectivity index (χ3n) is 7.34. The van der Waals surface area contributed by atoms with E-state index in [1.807, 2.05) is 37.1 Å². The topological polar surface area (TPSA) is 81.7 Å². The maximum atomic E-state index is 15.7. The fourth-order valence-electron chi connectivity index (χ4n) is 5.62. The van der Waals surface area contributed by atoms with Gasteiger partial charge in [0.15, 0.2) is 0 Å². The number of aromatic amines is 1. The van der Waals surface area contributed by atoms with Crippen molar-refractivity contribution in [3.8, 4) is 5.88 Å². The Morgan fingerprint density at radius 2 is 2.11 bits per heavy atom. The number of halogens is 2. The number of aromatic nitrogens is 2. The van der Waals surface area contributed by atoms with E-state index < -0.39 is 17.8 Å². The first-order chi connectivity index (χ1) is 17.7. The van der Waals surface area contributed by atoms with Gasteiger partial charge >= 0.3 is 5.97 Å². The average Bonchev–Trinajstić information content (AvgIpc) is 3.21. The number of rotatable bonds is 11. The van der Waals surface area contributed by atoms with Gasteiger partial charge in [-0.2, -0.15) is 0 Å². The number of nitrogens with zero attached hydrogens (tertiary/aromatic N) is 3. The molecule has 1 aliphatic rings. The van der Waals surface area contributed by atoms with Gasteiger partial charge in [0.25, 0.3) is 0 Å². The van der Waals surface area contributed by atoms with E-state index >= 15 is 4.39 Å². The molecule has 0 saturated heterocycles. The number of carboxylic acids is 1. The molecule has 37 heavy (non-hydrogen) atoms. The maximum Gasteiger partial charge on any atom is 0.304 e. The highest BCUT2D eigenvalue weighted by molar-refractivity contribution is 5.85. The van der Waals surface area contributed by atoms with Crippen molar-refractivity contribution in [3.05, 3.63) is 58.7 Å². The Balaban J connectivity index is 1.76. The first kappa shape index (κ1) is 27.0. The molecule has 1 aliphatic heterocycles. The second-order valence-corrected chi connectivity index (χ2v) is 10.1. The summed E-state index contributed by atoms with van der Waals surface area (Å²) in [4.78, 5) is 23.5. The van der Waals surface area contributed by atoms with E-state index in [1.165, 1.54) is 6.20 Å². The van der Waals surface area contributed by atoms with Crippen LogP contribution in [0.25, 0.3) is 10.9 Å². The highest BCUT2D eigenvalue weighted by Crippen LogP contribution is 2.44. The molecule has 0 aliphatic carbocycles. The molecule has 0 amide bonds. The molecule has 3 heterocycles. The molecule has 0 unspecified atom stereocenters. The quantitative estimate of drug-likeness (QED) is 0.380. The van der Waals surface area contributed by atoms with Crippen molar-refractivity contribution < 1.29 is 23.4 Å². The summed E-state index contributed by atoms with van der Waals surface area (Å²) in [6, 6.07) is 7.13. The molecule has 7 nitrogen and oxygen atoms in total. The summed E-state index contributed by atoms with van der Waals surface area (Å²) in [5.74, 6) is -1.01. The number of nitrogens with one attached hydrogen (secondary N) is 1. The maximum absolute atomic E-state index is 15.7. The standard InChI is InChI=1S/C28H36F2N4O3/c1-17-14-21-20-8-5-6-9-23(20)32-26(21)27(34(17)18(2)15-24(35)36)25-19(3)28(31-16-22(25)30)37-13-12-33(4)11-7-10-29/h5-6,8-9,16-18,27,32H,7,10-15H2,1-4H3,(H,35,36)/t17-,18+,27-/m1/s1. The van der Waals surface area contributed by atoms with Crippen LogP contribution in [0.1, 0.15) is 55.1 Å². The molecule has 3 aromatic rings. The predicted octanol–water partition coefficient (Wildman–Crippen LogP) is 4.88. The Labute approximate surface area is 216 Å². The van der Waals surface area contributed by atoms with E-state index in [-0.39, 0.29) is 25.2 Å². The van der Waals surface area contributed by atoms with Crippen LogP contribution in [0.15, 0.2) is 30.5 Å². The van der Waals surface area contributed by atoms with Crippen LogP contribution in [-0.4, -0.2) is 76.3 Å². The molecule has 200 valence electrons. The minimum atomic E-state index is -0.895. The van der Waals surface area contributed by atoms with Crippen molar-refractivity contribution in [1.29, 1.82) is 0 Å². The largest absolute Gasteiger partial charge is 0.481 e. The van der Waals surface area contributed by atoms with Crippen molar-refractivity contribution in [2.45, 2.75) is 58.2 Å². The van der Waals surface area contributed by atoms with Crippen LogP contribution < -0.4 is 4.74 Å². The lowest BCUT2D eigenvalue weighted by Crippen LogP contribution is -2.48. The molecular formula is C28H36F2N4O3. The minimum Gasteiger partial charge on any atom is -0.481 e. The predicted molar refractivity (Wildman–Crippen MR) is 139 cm³/mol. The van der Waals surface area contributed by atoms with E-state index in [2.05, 4.69) is 27.9 Å². The Morgan fingerprint density at radius 3 is 2.84 bits per heavy atom. The van der Waals surface area contributed by atoms with Crippen LogP contribution >= 0.6 is 0 Å². The fraction of sp³-hybridized carbons (Fsp3) is 0.500. The second kappa shape index (κ2) is 11.6. The van der Waals surface area contributed by atoms with Crippen molar-refractivity contribution in [2.24, 2.45) is 0 Å². The molecule has 4 rings (SSSR count). The third-order valence-corrected chi connectivity index (χ3v) is 7.34. The van der Waals surface area contributed by atoms with Crippen LogP contribution in [-0.2, 0) is 11.2 Å². The highest BCUT2D eigenvalue weighted by Gasteiger charge is 2.41. The van der Waals surface area contributed by atoms with Gasteiger partial charge in [-0.1, -0.05) is 18.2 Å². The molecule has 0 saturated carbocycles. The second-order valence-electron chi connectivity index (χ2n) is 10.1. The van der Waals surface area contributed by atoms with Crippen LogP contribution in [0.4, 0.5) is 8.78 Å². The van der Waals surface area contributed by atoms with Gasteiger partial charge in [0.1, 0.15) is 12.4 Å². The lowest BCUT2D eigenvalue weighted by Gasteiger charge is -2.44. The normalized spacial score (nSPS) is 18.8.